The second-order valence-electron chi connectivity index (χ2n) is 11.5. The summed E-state index contributed by atoms with van der Waals surface area (Å²) in [5.74, 6) is 1.04. The summed E-state index contributed by atoms with van der Waals surface area (Å²) in [6, 6.07) is 9.97. The predicted octanol–water partition coefficient (Wildman–Crippen LogP) is 4.71. The number of fused-ring (bicyclic) bond motifs is 2. The van der Waals surface area contributed by atoms with Gasteiger partial charge in [-0.2, -0.15) is 5.26 Å². The van der Waals surface area contributed by atoms with Gasteiger partial charge in [0, 0.05) is 47.2 Å². The second kappa shape index (κ2) is 10.6. The molecule has 3 N–H and O–H groups in total. The number of hydrogen-bond donors (Lipinski definition) is 2. The number of anilines is 2. The molecule has 4 heterocycles. The number of nitrogen functional groups attached to an aromatic ring is 1. The molecular weight excluding hydrogens is 578 g/mol. The van der Waals surface area contributed by atoms with Crippen LogP contribution in [0.2, 0.25) is 5.02 Å². The molecule has 3 aromatic heterocycles. The van der Waals surface area contributed by atoms with Crippen LogP contribution < -0.4 is 15.4 Å². The summed E-state index contributed by atoms with van der Waals surface area (Å²) < 4.78 is 18.3. The van der Waals surface area contributed by atoms with Gasteiger partial charge in [0.2, 0.25) is 5.95 Å². The standard InChI is InChI=1S/C28H30ClN9OS2/c1-27(2,3)41(39)36-23-18-6-4-5-17(14-30)19(18)13-28(23)8-11-37(12-9-28)26-33-15-21(25-35-34-16-38(25)26)40-20-7-10-32-24(31)22(20)29/h4-7,10,15-16,23,36H,8-9,11-13H2,1-3H3,(H2,31,32)/t23?,41-/m1/s1. The largest absolute Gasteiger partial charge is 0.598 e. The maximum absolute atomic E-state index is 13.3. The van der Waals surface area contributed by atoms with E-state index in [0.717, 1.165) is 59.2 Å². The van der Waals surface area contributed by atoms with Crippen LogP contribution >= 0.6 is 23.4 Å². The number of nitrogens with zero attached hydrogens (tertiary/aromatic N) is 7. The summed E-state index contributed by atoms with van der Waals surface area (Å²) in [6.07, 6.45) is 7.56. The molecule has 1 unspecified atom stereocenters. The summed E-state index contributed by atoms with van der Waals surface area (Å²) in [7, 11) is 0. The fraction of sp³-hybridized carbons (Fsp3) is 0.393. The number of halogens is 1. The molecule has 2 atom stereocenters. The topological polar surface area (TPSA) is 144 Å². The van der Waals surface area contributed by atoms with Crippen LogP contribution in [-0.4, -0.2) is 47.0 Å². The summed E-state index contributed by atoms with van der Waals surface area (Å²) in [4.78, 5) is 12.7. The second-order valence-corrected chi connectivity index (χ2v) is 15.0. The van der Waals surface area contributed by atoms with Crippen LogP contribution in [0, 0.1) is 16.7 Å². The normalized spacial score (nSPS) is 18.9. The minimum Gasteiger partial charge on any atom is -0.598 e. The molecule has 0 saturated carbocycles. The maximum Gasteiger partial charge on any atom is 0.212 e. The zero-order chi connectivity index (χ0) is 28.9. The van der Waals surface area contributed by atoms with Gasteiger partial charge in [-0.3, -0.25) is 0 Å². The molecule has 1 aliphatic heterocycles. The van der Waals surface area contributed by atoms with E-state index in [1.165, 1.54) is 11.8 Å². The van der Waals surface area contributed by atoms with Crippen LogP contribution in [0.3, 0.4) is 0 Å². The third-order valence-corrected chi connectivity index (χ3v) is 11.1. The molecule has 0 radical (unpaired) electrons. The lowest BCUT2D eigenvalue weighted by atomic mass is 9.73. The van der Waals surface area contributed by atoms with Crippen molar-refractivity contribution in [3.8, 4) is 6.07 Å². The molecule has 10 nitrogen and oxygen atoms in total. The molecule has 4 aromatic rings. The van der Waals surface area contributed by atoms with Gasteiger partial charge >= 0.3 is 0 Å². The Morgan fingerprint density at radius 3 is 2.73 bits per heavy atom. The molecule has 13 heteroatoms. The number of aromatic nitrogens is 5. The Balaban J connectivity index is 1.27. The van der Waals surface area contributed by atoms with E-state index in [-0.39, 0.29) is 17.3 Å². The van der Waals surface area contributed by atoms with Gasteiger partial charge in [0.15, 0.2) is 5.65 Å². The number of nitriles is 1. The van der Waals surface area contributed by atoms with E-state index in [9.17, 15) is 9.81 Å². The molecule has 1 fully saturated rings. The van der Waals surface area contributed by atoms with Crippen molar-refractivity contribution in [2.45, 2.75) is 60.6 Å². The summed E-state index contributed by atoms with van der Waals surface area (Å²) in [5, 5.41) is 18.8. The average Bonchev–Trinajstić information content (AvgIpc) is 3.55. The van der Waals surface area contributed by atoms with Crippen molar-refractivity contribution in [2.24, 2.45) is 5.41 Å². The Bertz CT molecular complexity index is 1660. The van der Waals surface area contributed by atoms with Crippen LogP contribution in [0.25, 0.3) is 5.65 Å². The molecule has 212 valence electrons. The first-order valence-corrected chi connectivity index (χ1v) is 15.7. The first-order chi connectivity index (χ1) is 19.6. The minimum absolute atomic E-state index is 0.104. The van der Waals surface area contributed by atoms with Gasteiger partial charge in [0.05, 0.1) is 27.6 Å². The van der Waals surface area contributed by atoms with Crippen LogP contribution in [0.5, 0.6) is 0 Å². The summed E-state index contributed by atoms with van der Waals surface area (Å²) in [6.45, 7) is 7.42. The Hall–Kier alpha value is -3.08. The van der Waals surface area contributed by atoms with Crippen LogP contribution in [0.15, 0.2) is 52.8 Å². The molecule has 0 bridgehead atoms. The SMILES string of the molecule is CC(C)(C)[S@@+]([O-])NC1c2cccc(C#N)c2CC12CCN(c1ncc(Sc3ccnc(N)c3Cl)c3nncn13)CC2. The van der Waals surface area contributed by atoms with Crippen LogP contribution in [0.4, 0.5) is 11.8 Å². The maximum atomic E-state index is 13.3. The van der Waals surface area contributed by atoms with E-state index < -0.39 is 16.1 Å². The molecule has 1 spiro atoms. The van der Waals surface area contributed by atoms with Gasteiger partial charge in [0.25, 0.3) is 0 Å². The molecule has 6 rings (SSSR count). The van der Waals surface area contributed by atoms with Gasteiger partial charge in [-0.25, -0.2) is 14.4 Å². The highest BCUT2D eigenvalue weighted by molar-refractivity contribution is 7.99. The number of rotatable bonds is 5. The Morgan fingerprint density at radius 1 is 1.22 bits per heavy atom. The molecule has 2 aliphatic rings. The first-order valence-electron chi connectivity index (χ1n) is 13.3. The first kappa shape index (κ1) is 28.1. The monoisotopic (exact) mass is 607 g/mol. The number of hydrogen-bond acceptors (Lipinski definition) is 10. The van der Waals surface area contributed by atoms with Crippen LogP contribution in [0.1, 0.15) is 56.3 Å². The highest BCUT2D eigenvalue weighted by Gasteiger charge is 2.51. The molecular formula is C28H30ClN9OS2. The Labute approximate surface area is 251 Å². The summed E-state index contributed by atoms with van der Waals surface area (Å²) in [5.41, 5.74) is 9.27. The average molecular weight is 608 g/mol. The number of piperidine rings is 1. The Morgan fingerprint density at radius 2 is 2.00 bits per heavy atom. The zero-order valence-electron chi connectivity index (χ0n) is 23.0. The lowest BCUT2D eigenvalue weighted by molar-refractivity contribution is 0.175. The minimum atomic E-state index is -1.25. The third kappa shape index (κ3) is 5.00. The fourth-order valence-electron chi connectivity index (χ4n) is 5.78. The lowest BCUT2D eigenvalue weighted by Crippen LogP contribution is -2.50. The molecule has 41 heavy (non-hydrogen) atoms. The van der Waals surface area contributed by atoms with Crippen LogP contribution in [-0.2, 0) is 17.8 Å². The van der Waals surface area contributed by atoms with Crippen molar-refractivity contribution in [2.75, 3.05) is 23.7 Å². The fourth-order valence-corrected chi connectivity index (χ4v) is 7.85. The van der Waals surface area contributed by atoms with Gasteiger partial charge in [0.1, 0.15) is 16.9 Å². The van der Waals surface area contributed by atoms with E-state index in [4.69, 9.17) is 22.3 Å². The van der Waals surface area contributed by atoms with E-state index in [0.29, 0.717) is 16.2 Å². The van der Waals surface area contributed by atoms with Crippen molar-refractivity contribution in [1.82, 2.24) is 29.3 Å². The van der Waals surface area contributed by atoms with Crippen molar-refractivity contribution >= 4 is 52.1 Å². The zero-order valence-corrected chi connectivity index (χ0v) is 25.4. The van der Waals surface area contributed by atoms with Crippen molar-refractivity contribution < 1.29 is 4.55 Å². The van der Waals surface area contributed by atoms with Crippen molar-refractivity contribution in [3.05, 3.63) is 64.7 Å². The van der Waals surface area contributed by atoms with Crippen molar-refractivity contribution in [3.63, 3.8) is 0 Å². The van der Waals surface area contributed by atoms with Gasteiger partial charge in [-0.05, 0) is 63.3 Å². The van der Waals surface area contributed by atoms with E-state index in [1.54, 1.807) is 18.7 Å². The number of nitrogens with two attached hydrogens (primary N) is 1. The van der Waals surface area contributed by atoms with Crippen molar-refractivity contribution in [1.29, 1.82) is 5.26 Å². The molecule has 1 aromatic carbocycles. The van der Waals surface area contributed by atoms with Gasteiger partial charge < -0.3 is 15.2 Å². The van der Waals surface area contributed by atoms with Gasteiger partial charge in [-0.1, -0.05) is 35.5 Å². The quantitative estimate of drug-likeness (QED) is 0.306. The number of nitrogens with one attached hydrogen (secondary N) is 1. The Kier molecular flexibility index (Phi) is 7.28. The highest BCUT2D eigenvalue weighted by Crippen LogP contribution is 2.53. The molecule has 1 saturated heterocycles. The number of benzene rings is 1. The summed E-state index contributed by atoms with van der Waals surface area (Å²) >= 11 is 6.54. The highest BCUT2D eigenvalue weighted by atomic mass is 35.5. The van der Waals surface area contributed by atoms with Gasteiger partial charge in [-0.15, -0.1) is 14.9 Å². The lowest BCUT2D eigenvalue weighted by Gasteiger charge is -2.44. The van der Waals surface area contributed by atoms with E-state index in [2.05, 4.69) is 36.9 Å². The third-order valence-electron chi connectivity index (χ3n) is 7.99. The number of pyridine rings is 1. The van der Waals surface area contributed by atoms with E-state index >= 15 is 0 Å². The smallest absolute Gasteiger partial charge is 0.212 e. The van der Waals surface area contributed by atoms with E-state index in [1.807, 2.05) is 43.4 Å². The molecule has 0 amide bonds. The predicted molar refractivity (Wildman–Crippen MR) is 161 cm³/mol. The molecule has 1 aliphatic carbocycles.